The van der Waals surface area contributed by atoms with Crippen molar-refractivity contribution in [1.82, 2.24) is 14.8 Å². The van der Waals surface area contributed by atoms with E-state index in [1.165, 1.54) is 5.56 Å². The number of fused-ring (bicyclic) bond motifs is 1. The first-order valence-electron chi connectivity index (χ1n) is 9.10. The highest BCUT2D eigenvalue weighted by Gasteiger charge is 2.46. The summed E-state index contributed by atoms with van der Waals surface area (Å²) in [4.78, 5) is 20.1. The molecule has 2 aliphatic rings. The normalized spacial score (nSPS) is 26.9. The molecule has 0 N–H and O–H groups in total. The summed E-state index contributed by atoms with van der Waals surface area (Å²) in [5, 5.41) is 0. The van der Waals surface area contributed by atoms with Crippen molar-refractivity contribution < 1.29 is 14.3 Å². The smallest absolute Gasteiger partial charge is 0.248 e. The Morgan fingerprint density at radius 1 is 1.52 bits per heavy atom. The van der Waals surface area contributed by atoms with Crippen molar-refractivity contribution in [3.05, 3.63) is 30.1 Å². The van der Waals surface area contributed by atoms with Gasteiger partial charge in [-0.3, -0.25) is 14.7 Å². The Morgan fingerprint density at radius 3 is 3.16 bits per heavy atom. The van der Waals surface area contributed by atoms with Crippen LogP contribution in [-0.4, -0.2) is 73.8 Å². The third-order valence-corrected chi connectivity index (χ3v) is 5.31. The van der Waals surface area contributed by atoms with Crippen LogP contribution in [0, 0.1) is 5.41 Å². The SMILES string of the molecule is CN(C)C(=O)COC[C@]12CCCO[C@@H]1CCN(Cc1cccnc1)C2. The van der Waals surface area contributed by atoms with E-state index in [1.54, 1.807) is 19.0 Å². The van der Waals surface area contributed by atoms with E-state index in [0.29, 0.717) is 6.61 Å². The topological polar surface area (TPSA) is 54.9 Å². The second kappa shape index (κ2) is 8.25. The molecule has 2 aliphatic heterocycles. The Bertz CT molecular complexity index is 566. The average Bonchev–Trinajstić information content (AvgIpc) is 2.62. The van der Waals surface area contributed by atoms with E-state index in [0.717, 1.165) is 45.5 Å². The predicted molar refractivity (Wildman–Crippen MR) is 95.1 cm³/mol. The quantitative estimate of drug-likeness (QED) is 0.782. The zero-order valence-electron chi connectivity index (χ0n) is 15.3. The summed E-state index contributed by atoms with van der Waals surface area (Å²) >= 11 is 0. The first kappa shape index (κ1) is 18.3. The van der Waals surface area contributed by atoms with Crippen LogP contribution in [-0.2, 0) is 20.8 Å². The number of ether oxygens (including phenoxy) is 2. The van der Waals surface area contributed by atoms with E-state index in [2.05, 4.69) is 16.0 Å². The Balaban J connectivity index is 1.63. The van der Waals surface area contributed by atoms with Crippen LogP contribution in [0.3, 0.4) is 0 Å². The molecule has 0 bridgehead atoms. The van der Waals surface area contributed by atoms with Crippen LogP contribution in [0.2, 0.25) is 0 Å². The monoisotopic (exact) mass is 347 g/mol. The van der Waals surface area contributed by atoms with E-state index in [-0.39, 0.29) is 24.0 Å². The minimum Gasteiger partial charge on any atom is -0.377 e. The average molecular weight is 347 g/mol. The number of nitrogens with zero attached hydrogens (tertiary/aromatic N) is 3. The second-order valence-corrected chi connectivity index (χ2v) is 7.47. The zero-order chi connectivity index (χ0) is 17.7. The number of aromatic nitrogens is 1. The van der Waals surface area contributed by atoms with Crippen LogP contribution in [0.5, 0.6) is 0 Å². The zero-order valence-corrected chi connectivity index (χ0v) is 15.3. The molecule has 0 radical (unpaired) electrons. The van der Waals surface area contributed by atoms with Gasteiger partial charge in [0.05, 0.1) is 12.7 Å². The van der Waals surface area contributed by atoms with Gasteiger partial charge in [-0.15, -0.1) is 0 Å². The summed E-state index contributed by atoms with van der Waals surface area (Å²) in [6.45, 7) is 4.44. The molecule has 138 valence electrons. The van der Waals surface area contributed by atoms with E-state index < -0.39 is 0 Å². The molecule has 2 atom stereocenters. The van der Waals surface area contributed by atoms with Gasteiger partial charge in [-0.05, 0) is 30.9 Å². The summed E-state index contributed by atoms with van der Waals surface area (Å²) in [6.07, 6.45) is 7.15. The van der Waals surface area contributed by atoms with Crippen LogP contribution in [0.1, 0.15) is 24.8 Å². The van der Waals surface area contributed by atoms with Gasteiger partial charge < -0.3 is 14.4 Å². The van der Waals surface area contributed by atoms with Gasteiger partial charge in [-0.1, -0.05) is 6.07 Å². The first-order chi connectivity index (χ1) is 12.1. The van der Waals surface area contributed by atoms with E-state index in [4.69, 9.17) is 9.47 Å². The molecule has 0 spiro atoms. The van der Waals surface area contributed by atoms with Crippen molar-refractivity contribution in [2.75, 3.05) is 47.0 Å². The van der Waals surface area contributed by atoms with Crippen LogP contribution in [0.4, 0.5) is 0 Å². The van der Waals surface area contributed by atoms with Crippen LogP contribution in [0.15, 0.2) is 24.5 Å². The number of likely N-dealkylation sites (N-methyl/N-ethyl adjacent to an activating group) is 1. The Hall–Kier alpha value is -1.50. The summed E-state index contributed by atoms with van der Waals surface area (Å²) < 4.78 is 11.9. The lowest BCUT2D eigenvalue weighted by molar-refractivity contribution is -0.160. The molecule has 1 aromatic heterocycles. The van der Waals surface area contributed by atoms with Gasteiger partial charge in [0.1, 0.15) is 6.61 Å². The highest BCUT2D eigenvalue weighted by Crippen LogP contribution is 2.40. The molecule has 2 fully saturated rings. The van der Waals surface area contributed by atoms with Crippen molar-refractivity contribution in [2.24, 2.45) is 5.41 Å². The van der Waals surface area contributed by atoms with Crippen molar-refractivity contribution in [3.8, 4) is 0 Å². The van der Waals surface area contributed by atoms with Crippen molar-refractivity contribution in [2.45, 2.75) is 31.9 Å². The van der Waals surface area contributed by atoms with Gasteiger partial charge in [0, 0.05) is 58.1 Å². The summed E-state index contributed by atoms with van der Waals surface area (Å²) in [6, 6.07) is 4.10. The number of piperidine rings is 1. The number of hydrogen-bond acceptors (Lipinski definition) is 5. The Kier molecular flexibility index (Phi) is 6.04. The van der Waals surface area contributed by atoms with Crippen LogP contribution >= 0.6 is 0 Å². The predicted octanol–water partition coefficient (Wildman–Crippen LogP) is 1.56. The lowest BCUT2D eigenvalue weighted by Crippen LogP contribution is -2.56. The summed E-state index contributed by atoms with van der Waals surface area (Å²) in [5.74, 6) is 0.00713. The molecule has 6 nitrogen and oxygen atoms in total. The highest BCUT2D eigenvalue weighted by molar-refractivity contribution is 5.76. The molecule has 0 saturated carbocycles. The Morgan fingerprint density at radius 2 is 2.40 bits per heavy atom. The van der Waals surface area contributed by atoms with Gasteiger partial charge in [-0.2, -0.15) is 0 Å². The number of pyridine rings is 1. The lowest BCUT2D eigenvalue weighted by atomic mass is 9.73. The van der Waals surface area contributed by atoms with Crippen LogP contribution < -0.4 is 0 Å². The fraction of sp³-hybridized carbons (Fsp3) is 0.684. The molecule has 0 aromatic carbocycles. The maximum Gasteiger partial charge on any atom is 0.248 e. The number of carbonyl (C=O) groups excluding carboxylic acids is 1. The minimum atomic E-state index is -0.00863. The molecule has 1 aromatic rings. The van der Waals surface area contributed by atoms with Crippen LogP contribution in [0.25, 0.3) is 0 Å². The number of carbonyl (C=O) groups is 1. The van der Waals surface area contributed by atoms with Gasteiger partial charge in [0.2, 0.25) is 5.91 Å². The van der Waals surface area contributed by atoms with E-state index >= 15 is 0 Å². The van der Waals surface area contributed by atoms with Gasteiger partial charge >= 0.3 is 0 Å². The summed E-state index contributed by atoms with van der Waals surface area (Å²) in [5.41, 5.74) is 1.22. The second-order valence-electron chi connectivity index (χ2n) is 7.47. The van der Waals surface area contributed by atoms with Gasteiger partial charge in [0.25, 0.3) is 0 Å². The largest absolute Gasteiger partial charge is 0.377 e. The Labute approximate surface area is 150 Å². The van der Waals surface area contributed by atoms with Gasteiger partial charge in [0.15, 0.2) is 0 Å². The third-order valence-electron chi connectivity index (χ3n) is 5.31. The third kappa shape index (κ3) is 4.57. The molecule has 25 heavy (non-hydrogen) atoms. The fourth-order valence-corrected chi connectivity index (χ4v) is 3.95. The fourth-order valence-electron chi connectivity index (χ4n) is 3.95. The number of hydrogen-bond donors (Lipinski definition) is 0. The maximum absolute atomic E-state index is 11.8. The highest BCUT2D eigenvalue weighted by atomic mass is 16.5. The summed E-state index contributed by atoms with van der Waals surface area (Å²) in [7, 11) is 3.51. The van der Waals surface area contributed by atoms with E-state index in [9.17, 15) is 4.79 Å². The number of rotatable bonds is 6. The van der Waals surface area contributed by atoms with Crippen molar-refractivity contribution in [3.63, 3.8) is 0 Å². The lowest BCUT2D eigenvalue weighted by Gasteiger charge is -2.50. The molecule has 2 saturated heterocycles. The number of likely N-dealkylation sites (tertiary alicyclic amines) is 1. The standard InChI is InChI=1S/C19H29N3O3/c1-21(2)18(23)13-24-15-19-7-4-10-25-17(19)6-9-22(14-19)12-16-5-3-8-20-11-16/h3,5,8,11,17H,4,6-7,9-10,12-15H2,1-2H3/t17-,19-/m1/s1. The first-order valence-corrected chi connectivity index (χ1v) is 9.10. The molecule has 0 aliphatic carbocycles. The van der Waals surface area contributed by atoms with Crippen molar-refractivity contribution >= 4 is 5.91 Å². The molecular weight excluding hydrogens is 318 g/mol. The minimum absolute atomic E-state index is 0.00713. The molecule has 3 heterocycles. The molecule has 0 unspecified atom stereocenters. The molecule has 1 amide bonds. The molecule has 6 heteroatoms. The number of amides is 1. The van der Waals surface area contributed by atoms with E-state index in [1.807, 2.05) is 18.5 Å². The maximum atomic E-state index is 11.8. The van der Waals surface area contributed by atoms with Crippen molar-refractivity contribution in [1.29, 1.82) is 0 Å². The van der Waals surface area contributed by atoms with Gasteiger partial charge in [-0.25, -0.2) is 0 Å². The molecular formula is C19H29N3O3. The molecule has 3 rings (SSSR count).